The van der Waals surface area contributed by atoms with Crippen LogP contribution in [0.15, 0.2) is 33.8 Å². The Morgan fingerprint density at radius 2 is 2.14 bits per heavy atom. The van der Waals surface area contributed by atoms with Gasteiger partial charge in [-0.2, -0.15) is 17.5 Å². The predicted octanol–water partition coefficient (Wildman–Crippen LogP) is 3.99. The summed E-state index contributed by atoms with van der Waals surface area (Å²) in [4.78, 5) is 4.03. The first-order chi connectivity index (χ1) is 9.90. The molecule has 1 unspecified atom stereocenters. The van der Waals surface area contributed by atoms with Gasteiger partial charge in [0, 0.05) is 10.9 Å². The Balaban J connectivity index is 2.32. The van der Waals surface area contributed by atoms with Crippen LogP contribution in [0.2, 0.25) is 0 Å². The second-order valence-corrected chi connectivity index (χ2v) is 6.58. The second kappa shape index (κ2) is 6.76. The third-order valence-corrected chi connectivity index (χ3v) is 4.70. The molecule has 3 nitrogen and oxygen atoms in total. The molecule has 0 saturated carbocycles. The number of alkyl halides is 3. The fourth-order valence-corrected chi connectivity index (χ4v) is 3.30. The summed E-state index contributed by atoms with van der Waals surface area (Å²) in [6.45, 7) is 1.91. The highest BCUT2D eigenvalue weighted by Crippen LogP contribution is 2.40. The monoisotopic (exact) mass is 333 g/mol. The Hall–Kier alpha value is -1.12. The van der Waals surface area contributed by atoms with Crippen molar-refractivity contribution in [1.29, 1.82) is 0 Å². The van der Waals surface area contributed by atoms with Crippen molar-refractivity contribution >= 4 is 23.3 Å². The van der Waals surface area contributed by atoms with Crippen LogP contribution in [0.3, 0.4) is 0 Å². The third-order valence-electron chi connectivity index (χ3n) is 2.91. The van der Waals surface area contributed by atoms with Gasteiger partial charge in [-0.3, -0.25) is 0 Å². The molecule has 1 aromatic heterocycles. The highest BCUT2D eigenvalue weighted by atomic mass is 32.2. The van der Waals surface area contributed by atoms with E-state index in [0.29, 0.717) is 16.3 Å². The summed E-state index contributed by atoms with van der Waals surface area (Å²) in [6.07, 6.45) is -1.92. The van der Waals surface area contributed by atoms with E-state index in [2.05, 4.69) is 9.36 Å². The SMILES string of the molecule is CCC(N)Cc1ccc(Sc2ncns2)c(C(F)(F)F)c1. The maximum atomic E-state index is 13.2. The van der Waals surface area contributed by atoms with Crippen LogP contribution >= 0.6 is 23.3 Å². The van der Waals surface area contributed by atoms with E-state index in [4.69, 9.17) is 5.73 Å². The molecule has 2 aromatic rings. The first-order valence-corrected chi connectivity index (χ1v) is 7.89. The number of halogens is 3. The van der Waals surface area contributed by atoms with Gasteiger partial charge in [-0.15, -0.1) is 0 Å². The highest BCUT2D eigenvalue weighted by Gasteiger charge is 2.34. The van der Waals surface area contributed by atoms with E-state index in [-0.39, 0.29) is 10.9 Å². The number of hydrogen-bond donors (Lipinski definition) is 1. The lowest BCUT2D eigenvalue weighted by Crippen LogP contribution is -2.21. The van der Waals surface area contributed by atoms with Gasteiger partial charge in [-0.25, -0.2) is 4.98 Å². The van der Waals surface area contributed by atoms with Crippen molar-refractivity contribution in [2.75, 3.05) is 0 Å². The lowest BCUT2D eigenvalue weighted by atomic mass is 10.0. The molecule has 2 N–H and O–H groups in total. The summed E-state index contributed by atoms with van der Waals surface area (Å²) in [5, 5.41) is 0. The molecule has 0 aliphatic heterocycles. The van der Waals surface area contributed by atoms with E-state index in [1.54, 1.807) is 6.07 Å². The van der Waals surface area contributed by atoms with E-state index < -0.39 is 11.7 Å². The van der Waals surface area contributed by atoms with Gasteiger partial charge in [0.15, 0.2) is 4.34 Å². The van der Waals surface area contributed by atoms with E-state index in [9.17, 15) is 13.2 Å². The molecule has 0 radical (unpaired) electrons. The summed E-state index contributed by atoms with van der Waals surface area (Å²) in [5.74, 6) is 0. The maximum absolute atomic E-state index is 13.2. The topological polar surface area (TPSA) is 51.8 Å². The Morgan fingerprint density at radius 1 is 1.38 bits per heavy atom. The molecule has 1 aromatic carbocycles. The summed E-state index contributed by atoms with van der Waals surface area (Å²) >= 11 is 2.04. The Morgan fingerprint density at radius 3 is 2.71 bits per heavy atom. The first kappa shape index (κ1) is 16.3. The fraction of sp³-hybridized carbons (Fsp3) is 0.385. The average molecular weight is 333 g/mol. The lowest BCUT2D eigenvalue weighted by Gasteiger charge is -2.15. The smallest absolute Gasteiger partial charge is 0.327 e. The molecule has 0 aliphatic carbocycles. The standard InChI is InChI=1S/C13H14F3N3S2/c1-2-9(17)5-8-3-4-11(10(6-8)13(14,15)16)20-12-18-7-19-21-12/h3-4,6-7,9H,2,5,17H2,1H3. The van der Waals surface area contributed by atoms with Crippen molar-refractivity contribution in [2.45, 2.75) is 41.2 Å². The van der Waals surface area contributed by atoms with Crippen LogP contribution in [0.1, 0.15) is 24.5 Å². The largest absolute Gasteiger partial charge is 0.417 e. The number of hydrogen-bond acceptors (Lipinski definition) is 5. The Kier molecular flexibility index (Phi) is 5.23. The molecule has 0 saturated heterocycles. The predicted molar refractivity (Wildman–Crippen MR) is 77.4 cm³/mol. The maximum Gasteiger partial charge on any atom is 0.417 e. The van der Waals surface area contributed by atoms with Crippen LogP contribution in [-0.2, 0) is 12.6 Å². The zero-order valence-corrected chi connectivity index (χ0v) is 12.9. The van der Waals surface area contributed by atoms with Gasteiger partial charge >= 0.3 is 6.18 Å². The molecule has 8 heteroatoms. The van der Waals surface area contributed by atoms with Crippen molar-refractivity contribution in [1.82, 2.24) is 9.36 Å². The first-order valence-electron chi connectivity index (χ1n) is 6.30. The Labute approximate surface area is 128 Å². The summed E-state index contributed by atoms with van der Waals surface area (Å²) in [7, 11) is 0. The van der Waals surface area contributed by atoms with E-state index in [0.717, 1.165) is 29.7 Å². The normalized spacial score (nSPS) is 13.4. The number of nitrogens with two attached hydrogens (primary N) is 1. The molecule has 0 aliphatic rings. The summed E-state index contributed by atoms with van der Waals surface area (Å²) in [6, 6.07) is 4.22. The van der Waals surface area contributed by atoms with Gasteiger partial charge in [0.05, 0.1) is 5.56 Å². The lowest BCUT2D eigenvalue weighted by molar-refractivity contribution is -0.139. The van der Waals surface area contributed by atoms with Crippen LogP contribution in [-0.4, -0.2) is 15.4 Å². The van der Waals surface area contributed by atoms with Crippen LogP contribution in [0.4, 0.5) is 13.2 Å². The quantitative estimate of drug-likeness (QED) is 0.899. The van der Waals surface area contributed by atoms with Crippen LogP contribution in [0.5, 0.6) is 0 Å². The number of rotatable bonds is 5. The van der Waals surface area contributed by atoms with Gasteiger partial charge in [0.2, 0.25) is 0 Å². The number of nitrogens with zero attached hydrogens (tertiary/aromatic N) is 2. The van der Waals surface area contributed by atoms with Crippen molar-refractivity contribution in [3.63, 3.8) is 0 Å². The van der Waals surface area contributed by atoms with Gasteiger partial charge < -0.3 is 5.73 Å². The highest BCUT2D eigenvalue weighted by molar-refractivity contribution is 8.01. The zero-order chi connectivity index (χ0) is 15.5. The summed E-state index contributed by atoms with van der Waals surface area (Å²) in [5.41, 5.74) is 5.75. The molecular formula is C13H14F3N3S2. The van der Waals surface area contributed by atoms with Crippen molar-refractivity contribution in [2.24, 2.45) is 5.73 Å². The van der Waals surface area contributed by atoms with Gasteiger partial charge in [0.25, 0.3) is 0 Å². The third kappa shape index (κ3) is 4.42. The molecule has 1 atom stereocenters. The van der Waals surface area contributed by atoms with Crippen molar-refractivity contribution < 1.29 is 13.2 Å². The van der Waals surface area contributed by atoms with Gasteiger partial charge in [0.1, 0.15) is 6.33 Å². The molecule has 0 bridgehead atoms. The van der Waals surface area contributed by atoms with Crippen molar-refractivity contribution in [3.05, 3.63) is 35.7 Å². The molecule has 2 rings (SSSR count). The molecule has 114 valence electrons. The van der Waals surface area contributed by atoms with Crippen molar-refractivity contribution in [3.8, 4) is 0 Å². The van der Waals surface area contributed by atoms with Gasteiger partial charge in [-0.1, -0.05) is 24.8 Å². The second-order valence-electron chi connectivity index (χ2n) is 4.51. The van der Waals surface area contributed by atoms with E-state index in [1.807, 2.05) is 6.92 Å². The van der Waals surface area contributed by atoms with Crippen LogP contribution in [0.25, 0.3) is 0 Å². The molecular weight excluding hydrogens is 319 g/mol. The minimum Gasteiger partial charge on any atom is -0.327 e. The summed E-state index contributed by atoms with van der Waals surface area (Å²) < 4.78 is 43.9. The number of benzene rings is 1. The van der Waals surface area contributed by atoms with Crippen LogP contribution < -0.4 is 5.73 Å². The minimum absolute atomic E-state index is 0.132. The number of aromatic nitrogens is 2. The minimum atomic E-state index is -4.40. The van der Waals surface area contributed by atoms with E-state index >= 15 is 0 Å². The molecule has 0 spiro atoms. The average Bonchev–Trinajstić information content (AvgIpc) is 2.92. The van der Waals surface area contributed by atoms with E-state index in [1.165, 1.54) is 18.5 Å². The molecule has 0 amide bonds. The van der Waals surface area contributed by atoms with Gasteiger partial charge in [-0.05, 0) is 42.1 Å². The molecule has 21 heavy (non-hydrogen) atoms. The molecule has 1 heterocycles. The van der Waals surface area contributed by atoms with Crippen LogP contribution in [0, 0.1) is 0 Å². The Bertz CT molecular complexity index is 585. The molecule has 0 fully saturated rings. The zero-order valence-electron chi connectivity index (χ0n) is 11.2. The fourth-order valence-electron chi connectivity index (χ4n) is 1.76.